The Bertz CT molecular complexity index is 591. The van der Waals surface area contributed by atoms with Crippen LogP contribution in [0.3, 0.4) is 0 Å². The second-order valence-corrected chi connectivity index (χ2v) is 4.71. The van der Waals surface area contributed by atoms with Crippen molar-refractivity contribution in [3.8, 4) is 11.7 Å². The van der Waals surface area contributed by atoms with E-state index in [1.165, 1.54) is 24.2 Å². The fourth-order valence-corrected chi connectivity index (χ4v) is 2.49. The van der Waals surface area contributed by atoms with Crippen LogP contribution < -0.4 is 10.5 Å². The second-order valence-electron chi connectivity index (χ2n) is 4.71. The maximum atomic E-state index is 5.85. The first-order valence-corrected chi connectivity index (χ1v) is 6.74. The molecule has 0 saturated carbocycles. The maximum absolute atomic E-state index is 5.85. The van der Waals surface area contributed by atoms with Gasteiger partial charge in [0.2, 0.25) is 5.88 Å². The van der Waals surface area contributed by atoms with E-state index in [4.69, 9.17) is 10.5 Å². The number of fused-ring (bicyclic) bond motifs is 1. The highest BCUT2D eigenvalue weighted by atomic mass is 16.5. The number of ether oxygens (including phenoxy) is 1. The van der Waals surface area contributed by atoms with Gasteiger partial charge in [0.25, 0.3) is 0 Å². The lowest BCUT2D eigenvalue weighted by Crippen LogP contribution is -2.09. The highest BCUT2D eigenvalue weighted by Gasteiger charge is 2.17. The smallest absolute Gasteiger partial charge is 0.239 e. The molecule has 5 heteroatoms. The van der Waals surface area contributed by atoms with Gasteiger partial charge >= 0.3 is 0 Å². The summed E-state index contributed by atoms with van der Waals surface area (Å²) in [5, 5.41) is 0. The molecule has 0 amide bonds. The van der Waals surface area contributed by atoms with Crippen molar-refractivity contribution in [3.05, 3.63) is 29.8 Å². The van der Waals surface area contributed by atoms with Gasteiger partial charge in [-0.1, -0.05) is 0 Å². The van der Waals surface area contributed by atoms with Gasteiger partial charge in [-0.3, -0.25) is 4.57 Å². The second kappa shape index (κ2) is 4.91. The summed E-state index contributed by atoms with van der Waals surface area (Å²) in [6.45, 7) is 2.48. The molecule has 0 saturated heterocycles. The molecule has 0 unspecified atom stereocenters. The molecule has 0 spiro atoms. The fraction of sp³-hybridized carbons (Fsp3) is 0.429. The topological polar surface area (TPSA) is 66.0 Å². The average Bonchev–Trinajstić information content (AvgIpc) is 2.85. The standard InChI is InChI=1S/C14H18N4O/c1-2-19-14-10(15)7-8-13(17-14)18-9-16-11-5-3-4-6-12(11)18/h7-9H,2-6,15H2,1H3. The van der Waals surface area contributed by atoms with E-state index in [1.807, 2.05) is 25.4 Å². The van der Waals surface area contributed by atoms with Gasteiger partial charge in [-0.2, -0.15) is 4.98 Å². The van der Waals surface area contributed by atoms with Gasteiger partial charge in [0.15, 0.2) is 0 Å². The van der Waals surface area contributed by atoms with Crippen molar-refractivity contribution < 1.29 is 4.74 Å². The van der Waals surface area contributed by atoms with Crippen LogP contribution in [0, 0.1) is 0 Å². The third-order valence-electron chi connectivity index (χ3n) is 3.43. The van der Waals surface area contributed by atoms with Gasteiger partial charge in [-0.05, 0) is 44.7 Å². The van der Waals surface area contributed by atoms with E-state index in [2.05, 4.69) is 14.5 Å². The fourth-order valence-electron chi connectivity index (χ4n) is 2.49. The number of hydrogen-bond acceptors (Lipinski definition) is 4. The van der Waals surface area contributed by atoms with Crippen LogP contribution in [0.5, 0.6) is 5.88 Å². The third-order valence-corrected chi connectivity index (χ3v) is 3.43. The summed E-state index contributed by atoms with van der Waals surface area (Å²) in [6.07, 6.45) is 6.42. The largest absolute Gasteiger partial charge is 0.476 e. The molecule has 2 heterocycles. The maximum Gasteiger partial charge on any atom is 0.239 e. The zero-order chi connectivity index (χ0) is 13.2. The van der Waals surface area contributed by atoms with Crippen LogP contribution in [0.2, 0.25) is 0 Å². The number of rotatable bonds is 3. The van der Waals surface area contributed by atoms with Gasteiger partial charge < -0.3 is 10.5 Å². The average molecular weight is 258 g/mol. The Morgan fingerprint density at radius 1 is 1.32 bits per heavy atom. The van der Waals surface area contributed by atoms with Gasteiger partial charge in [0, 0.05) is 5.69 Å². The quantitative estimate of drug-likeness (QED) is 0.915. The number of anilines is 1. The summed E-state index contributed by atoms with van der Waals surface area (Å²) in [5.41, 5.74) is 8.89. The normalized spacial score (nSPS) is 14.2. The predicted molar refractivity (Wildman–Crippen MR) is 73.6 cm³/mol. The lowest BCUT2D eigenvalue weighted by molar-refractivity contribution is 0.328. The zero-order valence-electron chi connectivity index (χ0n) is 11.1. The zero-order valence-corrected chi connectivity index (χ0v) is 11.1. The van der Waals surface area contributed by atoms with Crippen LogP contribution in [-0.2, 0) is 12.8 Å². The summed E-state index contributed by atoms with van der Waals surface area (Å²) in [7, 11) is 0. The number of hydrogen-bond donors (Lipinski definition) is 1. The molecule has 1 aliphatic carbocycles. The van der Waals surface area contributed by atoms with Crippen LogP contribution in [0.1, 0.15) is 31.2 Å². The van der Waals surface area contributed by atoms with Crippen LogP contribution in [0.15, 0.2) is 18.5 Å². The monoisotopic (exact) mass is 258 g/mol. The minimum absolute atomic E-state index is 0.498. The molecule has 0 bridgehead atoms. The van der Waals surface area contributed by atoms with E-state index < -0.39 is 0 Å². The molecule has 0 fully saturated rings. The van der Waals surface area contributed by atoms with Gasteiger partial charge in [0.05, 0.1) is 18.0 Å². The summed E-state index contributed by atoms with van der Waals surface area (Å²) >= 11 is 0. The lowest BCUT2D eigenvalue weighted by atomic mass is 10.0. The van der Waals surface area contributed by atoms with Crippen molar-refractivity contribution in [1.29, 1.82) is 0 Å². The number of nitrogen functional groups attached to an aromatic ring is 1. The number of nitrogens with two attached hydrogens (primary N) is 1. The Morgan fingerprint density at radius 2 is 2.16 bits per heavy atom. The van der Waals surface area contributed by atoms with E-state index in [0.29, 0.717) is 18.2 Å². The number of aromatic nitrogens is 3. The Balaban J connectivity index is 2.02. The van der Waals surface area contributed by atoms with Crippen molar-refractivity contribution in [1.82, 2.24) is 14.5 Å². The number of imidazole rings is 1. The molecule has 0 radical (unpaired) electrons. The van der Waals surface area contributed by atoms with Crippen molar-refractivity contribution in [2.75, 3.05) is 12.3 Å². The van der Waals surface area contributed by atoms with E-state index in [0.717, 1.165) is 18.7 Å². The number of aryl methyl sites for hydroxylation is 1. The summed E-state index contributed by atoms with van der Waals surface area (Å²) in [5.74, 6) is 1.33. The molecular formula is C14H18N4O. The summed E-state index contributed by atoms with van der Waals surface area (Å²) in [4.78, 5) is 8.97. The molecule has 3 rings (SSSR count). The molecule has 2 aromatic heterocycles. The highest BCUT2D eigenvalue weighted by Crippen LogP contribution is 2.25. The Hall–Kier alpha value is -2.04. The predicted octanol–water partition coefficient (Wildman–Crippen LogP) is 2.13. The number of nitrogens with zero attached hydrogens (tertiary/aromatic N) is 3. The highest BCUT2D eigenvalue weighted by molar-refractivity contribution is 5.51. The molecule has 1 aliphatic rings. The lowest BCUT2D eigenvalue weighted by Gasteiger charge is -2.14. The summed E-state index contributed by atoms with van der Waals surface area (Å²) < 4.78 is 7.50. The van der Waals surface area contributed by atoms with E-state index in [-0.39, 0.29) is 0 Å². The molecule has 2 aromatic rings. The Kier molecular flexibility index (Phi) is 3.11. The van der Waals surface area contributed by atoms with Crippen molar-refractivity contribution in [3.63, 3.8) is 0 Å². The SMILES string of the molecule is CCOc1nc(-n2cnc3c2CCCC3)ccc1N. The van der Waals surface area contributed by atoms with E-state index in [9.17, 15) is 0 Å². The minimum Gasteiger partial charge on any atom is -0.476 e. The molecule has 0 atom stereocenters. The first-order valence-electron chi connectivity index (χ1n) is 6.74. The summed E-state index contributed by atoms with van der Waals surface area (Å²) in [6, 6.07) is 3.75. The molecule has 5 nitrogen and oxygen atoms in total. The molecule has 2 N–H and O–H groups in total. The van der Waals surface area contributed by atoms with Crippen molar-refractivity contribution in [2.45, 2.75) is 32.6 Å². The van der Waals surface area contributed by atoms with Crippen LogP contribution >= 0.6 is 0 Å². The first-order chi connectivity index (χ1) is 9.29. The van der Waals surface area contributed by atoms with Crippen LogP contribution in [0.4, 0.5) is 5.69 Å². The molecule has 100 valence electrons. The van der Waals surface area contributed by atoms with Crippen molar-refractivity contribution in [2.24, 2.45) is 0 Å². The Morgan fingerprint density at radius 3 is 3.00 bits per heavy atom. The van der Waals surface area contributed by atoms with Crippen molar-refractivity contribution >= 4 is 5.69 Å². The number of pyridine rings is 1. The van der Waals surface area contributed by atoms with Gasteiger partial charge in [-0.15, -0.1) is 0 Å². The molecule has 0 aliphatic heterocycles. The first kappa shape index (κ1) is 12.0. The van der Waals surface area contributed by atoms with Crippen LogP contribution in [-0.4, -0.2) is 21.1 Å². The van der Waals surface area contributed by atoms with Gasteiger partial charge in [-0.25, -0.2) is 4.98 Å². The molecule has 0 aromatic carbocycles. The minimum atomic E-state index is 0.498. The molecular weight excluding hydrogens is 240 g/mol. The van der Waals surface area contributed by atoms with Gasteiger partial charge in [0.1, 0.15) is 12.1 Å². The van der Waals surface area contributed by atoms with E-state index in [1.54, 1.807) is 0 Å². The third kappa shape index (κ3) is 2.16. The Labute approximate surface area is 112 Å². The van der Waals surface area contributed by atoms with E-state index >= 15 is 0 Å². The van der Waals surface area contributed by atoms with Crippen LogP contribution in [0.25, 0.3) is 5.82 Å². The molecule has 19 heavy (non-hydrogen) atoms.